The van der Waals surface area contributed by atoms with E-state index in [1.165, 1.54) is 0 Å². The number of nitrogens with two attached hydrogens (primary N) is 1. The van der Waals surface area contributed by atoms with Gasteiger partial charge in [0.05, 0.1) is 5.57 Å². The van der Waals surface area contributed by atoms with E-state index in [4.69, 9.17) is 10.2 Å². The molecule has 2 aromatic rings. The van der Waals surface area contributed by atoms with Gasteiger partial charge in [-0.15, -0.1) is 0 Å². The second-order valence-electron chi connectivity index (χ2n) is 4.06. The molecule has 1 aliphatic heterocycles. The van der Waals surface area contributed by atoms with Gasteiger partial charge in [-0.3, -0.25) is 4.79 Å². The Balaban J connectivity index is 1.93. The number of benzene rings is 1. The maximum absolute atomic E-state index is 11.5. The molecule has 94 valence electrons. The van der Waals surface area contributed by atoms with Crippen molar-refractivity contribution < 1.29 is 9.21 Å². The Kier molecular flexibility index (Phi) is 2.64. The highest BCUT2D eigenvalue weighted by Crippen LogP contribution is 2.23. The van der Waals surface area contributed by atoms with E-state index in [9.17, 15) is 4.79 Å². The number of carbonyl (C=O) groups excluding carboxylic acids is 1. The number of furan rings is 1. The first kappa shape index (κ1) is 11.3. The molecule has 3 N–H and O–H groups in total. The Labute approximate surface area is 109 Å². The smallest absolute Gasteiger partial charge is 0.275 e. The van der Waals surface area contributed by atoms with Gasteiger partial charge >= 0.3 is 0 Å². The van der Waals surface area contributed by atoms with E-state index in [-0.39, 0.29) is 11.7 Å². The van der Waals surface area contributed by atoms with Gasteiger partial charge < -0.3 is 10.2 Å². The van der Waals surface area contributed by atoms with Gasteiger partial charge in [-0.1, -0.05) is 30.3 Å². The molecule has 5 heteroatoms. The summed E-state index contributed by atoms with van der Waals surface area (Å²) in [7, 11) is 0. The molecule has 3 rings (SSSR count). The van der Waals surface area contributed by atoms with Crippen molar-refractivity contribution in [1.29, 1.82) is 0 Å². The number of nitrogens with one attached hydrogen (secondary N) is 1. The summed E-state index contributed by atoms with van der Waals surface area (Å²) in [6, 6.07) is 13.4. The van der Waals surface area contributed by atoms with E-state index in [2.05, 4.69) is 10.5 Å². The van der Waals surface area contributed by atoms with E-state index >= 15 is 0 Å². The third-order valence-corrected chi connectivity index (χ3v) is 2.77. The zero-order valence-electron chi connectivity index (χ0n) is 9.96. The number of carbonyl (C=O) groups is 1. The SMILES string of the molecule is NC1=NNC(=O)C1=Cc1ccc(-c2ccccc2)o1. The summed E-state index contributed by atoms with van der Waals surface area (Å²) in [6.07, 6.45) is 1.58. The number of hydrazone groups is 1. The molecular weight excluding hydrogens is 242 g/mol. The zero-order chi connectivity index (χ0) is 13.2. The fourth-order valence-corrected chi connectivity index (χ4v) is 1.82. The van der Waals surface area contributed by atoms with Crippen LogP contribution in [0.2, 0.25) is 0 Å². The molecule has 0 atom stereocenters. The average molecular weight is 253 g/mol. The van der Waals surface area contributed by atoms with E-state index < -0.39 is 0 Å². The third kappa shape index (κ3) is 2.13. The minimum absolute atomic E-state index is 0.169. The lowest BCUT2D eigenvalue weighted by Crippen LogP contribution is -2.16. The second kappa shape index (κ2) is 4.45. The lowest BCUT2D eigenvalue weighted by atomic mass is 10.2. The molecule has 2 heterocycles. The topological polar surface area (TPSA) is 80.6 Å². The third-order valence-electron chi connectivity index (χ3n) is 2.77. The van der Waals surface area contributed by atoms with Gasteiger partial charge in [0.2, 0.25) is 0 Å². The van der Waals surface area contributed by atoms with Gasteiger partial charge in [-0.2, -0.15) is 5.10 Å². The Morgan fingerprint density at radius 3 is 2.63 bits per heavy atom. The Morgan fingerprint density at radius 1 is 1.16 bits per heavy atom. The van der Waals surface area contributed by atoms with E-state index in [0.717, 1.165) is 11.3 Å². The maximum Gasteiger partial charge on any atom is 0.275 e. The number of amides is 1. The molecule has 0 spiro atoms. The van der Waals surface area contributed by atoms with Crippen LogP contribution in [0.4, 0.5) is 0 Å². The largest absolute Gasteiger partial charge is 0.457 e. The van der Waals surface area contributed by atoms with E-state index in [1.807, 2.05) is 36.4 Å². The molecule has 1 aromatic carbocycles. The quantitative estimate of drug-likeness (QED) is 0.800. The summed E-state index contributed by atoms with van der Waals surface area (Å²) >= 11 is 0. The van der Waals surface area contributed by atoms with Gasteiger partial charge in [0.1, 0.15) is 11.5 Å². The van der Waals surface area contributed by atoms with Crippen LogP contribution >= 0.6 is 0 Å². The van der Waals surface area contributed by atoms with E-state index in [1.54, 1.807) is 12.1 Å². The van der Waals surface area contributed by atoms with Crippen LogP contribution in [0.1, 0.15) is 5.76 Å². The summed E-state index contributed by atoms with van der Waals surface area (Å²) in [4.78, 5) is 11.5. The summed E-state index contributed by atoms with van der Waals surface area (Å²) in [5, 5.41) is 3.64. The summed E-state index contributed by atoms with van der Waals surface area (Å²) in [5.41, 5.74) is 9.17. The molecule has 1 aliphatic rings. The van der Waals surface area contributed by atoms with Crippen molar-refractivity contribution in [1.82, 2.24) is 5.43 Å². The lowest BCUT2D eigenvalue weighted by molar-refractivity contribution is -0.116. The van der Waals surface area contributed by atoms with Gasteiger partial charge in [-0.05, 0) is 18.2 Å². The molecule has 0 bridgehead atoms. The number of amidine groups is 1. The highest BCUT2D eigenvalue weighted by Gasteiger charge is 2.20. The molecule has 0 unspecified atom stereocenters. The fourth-order valence-electron chi connectivity index (χ4n) is 1.82. The molecule has 1 aromatic heterocycles. The molecule has 1 amide bonds. The van der Waals surface area contributed by atoms with Crippen LogP contribution in [0.5, 0.6) is 0 Å². The van der Waals surface area contributed by atoms with Crippen molar-refractivity contribution in [2.75, 3.05) is 0 Å². The molecule has 5 nitrogen and oxygen atoms in total. The lowest BCUT2D eigenvalue weighted by Gasteiger charge is -1.95. The van der Waals surface area contributed by atoms with Gasteiger partial charge in [-0.25, -0.2) is 5.43 Å². The summed E-state index contributed by atoms with van der Waals surface area (Å²) in [5.74, 6) is 1.14. The summed E-state index contributed by atoms with van der Waals surface area (Å²) in [6.45, 7) is 0. The molecule has 0 saturated heterocycles. The number of nitrogens with zero attached hydrogens (tertiary/aromatic N) is 1. The highest BCUT2D eigenvalue weighted by molar-refractivity contribution is 6.26. The van der Waals surface area contributed by atoms with Crippen LogP contribution in [-0.2, 0) is 4.79 Å². The standard InChI is InChI=1S/C14H11N3O2/c15-13-11(14(18)17-16-13)8-10-6-7-12(19-10)9-4-2-1-3-5-9/h1-8H,(H2,15,16)(H,17,18). The van der Waals surface area contributed by atoms with Crippen LogP contribution < -0.4 is 11.2 Å². The van der Waals surface area contributed by atoms with Crippen LogP contribution in [0, 0.1) is 0 Å². The second-order valence-corrected chi connectivity index (χ2v) is 4.06. The Hall–Kier alpha value is -2.82. The minimum atomic E-state index is -0.324. The molecule has 0 aliphatic carbocycles. The number of hydrogen-bond acceptors (Lipinski definition) is 4. The highest BCUT2D eigenvalue weighted by atomic mass is 16.3. The fraction of sp³-hybridized carbons (Fsp3) is 0. The molecule has 19 heavy (non-hydrogen) atoms. The average Bonchev–Trinajstić information content (AvgIpc) is 3.02. The minimum Gasteiger partial charge on any atom is -0.457 e. The van der Waals surface area contributed by atoms with Crippen LogP contribution in [0.25, 0.3) is 17.4 Å². The first-order valence-electron chi connectivity index (χ1n) is 5.75. The van der Waals surface area contributed by atoms with Crippen molar-refractivity contribution in [3.05, 3.63) is 53.8 Å². The Bertz CT molecular complexity index is 684. The maximum atomic E-state index is 11.5. The van der Waals surface area contributed by atoms with Gasteiger partial charge in [0.25, 0.3) is 5.91 Å². The van der Waals surface area contributed by atoms with Gasteiger partial charge in [0.15, 0.2) is 5.84 Å². The van der Waals surface area contributed by atoms with Crippen molar-refractivity contribution in [2.24, 2.45) is 10.8 Å². The normalized spacial score (nSPS) is 16.5. The van der Waals surface area contributed by atoms with Crippen LogP contribution in [0.3, 0.4) is 0 Å². The summed E-state index contributed by atoms with van der Waals surface area (Å²) < 4.78 is 5.66. The molecule has 0 fully saturated rings. The monoisotopic (exact) mass is 253 g/mol. The van der Waals surface area contributed by atoms with Crippen molar-refractivity contribution in [2.45, 2.75) is 0 Å². The predicted octanol–water partition coefficient (Wildman–Crippen LogP) is 1.73. The number of hydrogen-bond donors (Lipinski definition) is 2. The van der Waals surface area contributed by atoms with Crippen LogP contribution in [0.15, 0.2) is 57.6 Å². The molecule has 0 saturated carbocycles. The van der Waals surface area contributed by atoms with Gasteiger partial charge in [0, 0.05) is 5.56 Å². The predicted molar refractivity (Wildman–Crippen MR) is 71.9 cm³/mol. The van der Waals surface area contributed by atoms with E-state index in [0.29, 0.717) is 11.3 Å². The molecular formula is C14H11N3O2. The van der Waals surface area contributed by atoms with Crippen molar-refractivity contribution >= 4 is 17.8 Å². The first-order chi connectivity index (χ1) is 9.24. The Morgan fingerprint density at radius 2 is 1.95 bits per heavy atom. The first-order valence-corrected chi connectivity index (χ1v) is 5.75. The number of rotatable bonds is 2. The molecule has 0 radical (unpaired) electrons. The van der Waals surface area contributed by atoms with Crippen molar-refractivity contribution in [3.63, 3.8) is 0 Å². The van der Waals surface area contributed by atoms with Crippen LogP contribution in [-0.4, -0.2) is 11.7 Å². The van der Waals surface area contributed by atoms with Crippen molar-refractivity contribution in [3.8, 4) is 11.3 Å². The zero-order valence-corrected chi connectivity index (χ0v) is 9.96.